The Morgan fingerprint density at radius 1 is 1.04 bits per heavy atom. The average Bonchev–Trinajstić information content (AvgIpc) is 3.30. The smallest absolute Gasteiger partial charge is 0.326 e. The van der Waals surface area contributed by atoms with Gasteiger partial charge in [0, 0.05) is 44.8 Å². The van der Waals surface area contributed by atoms with Crippen molar-refractivity contribution in [1.82, 2.24) is 9.80 Å². The Balaban J connectivity index is 1.43. The predicted octanol–water partition coefficient (Wildman–Crippen LogP) is 0.718. The number of carbonyl (C=O) groups excluding carboxylic acids is 1. The van der Waals surface area contributed by atoms with Gasteiger partial charge in [-0.1, -0.05) is 6.07 Å². The van der Waals surface area contributed by atoms with E-state index in [4.69, 9.17) is 9.47 Å². The molecule has 1 aromatic carbocycles. The van der Waals surface area contributed by atoms with Gasteiger partial charge in [-0.2, -0.15) is 0 Å². The number of hydrogen-bond donors (Lipinski definition) is 1. The molecule has 3 heterocycles. The Bertz CT molecular complexity index is 691. The number of amides is 1. The number of benzene rings is 1. The highest BCUT2D eigenvalue weighted by atomic mass is 16.5. The van der Waals surface area contributed by atoms with Gasteiger partial charge in [0.2, 0.25) is 0 Å². The van der Waals surface area contributed by atoms with Crippen molar-refractivity contribution in [3.8, 4) is 0 Å². The first-order chi connectivity index (χ1) is 12.1. The highest BCUT2D eigenvalue weighted by Crippen LogP contribution is 2.28. The third-order valence-corrected chi connectivity index (χ3v) is 5.54. The first-order valence-electron chi connectivity index (χ1n) is 8.65. The van der Waals surface area contributed by atoms with Gasteiger partial charge in [-0.25, -0.2) is 0 Å². The summed E-state index contributed by atoms with van der Waals surface area (Å²) in [6.07, 6.45) is 0.501. The zero-order valence-corrected chi connectivity index (χ0v) is 14.1. The largest absolute Gasteiger partial charge is 0.480 e. The summed E-state index contributed by atoms with van der Waals surface area (Å²) in [6.45, 7) is 4.03. The topological polar surface area (TPSA) is 79.3 Å². The third kappa shape index (κ3) is 2.82. The maximum atomic E-state index is 12.8. The first-order valence-corrected chi connectivity index (χ1v) is 8.65. The third-order valence-electron chi connectivity index (χ3n) is 5.54. The first kappa shape index (κ1) is 16.5. The molecule has 7 nitrogen and oxygen atoms in total. The van der Waals surface area contributed by atoms with E-state index in [1.165, 1.54) is 0 Å². The van der Waals surface area contributed by atoms with Crippen LogP contribution in [0.3, 0.4) is 0 Å². The quantitative estimate of drug-likeness (QED) is 0.869. The van der Waals surface area contributed by atoms with E-state index in [-0.39, 0.29) is 12.5 Å². The normalized spacial score (nSPS) is 26.6. The number of nitrogens with zero attached hydrogens (tertiary/aromatic N) is 2. The van der Waals surface area contributed by atoms with Crippen LogP contribution in [-0.4, -0.2) is 71.7 Å². The number of carboxylic acid groups (broad SMARTS) is 1. The van der Waals surface area contributed by atoms with E-state index >= 15 is 0 Å². The second-order valence-electron chi connectivity index (χ2n) is 6.89. The zero-order chi connectivity index (χ0) is 17.4. The minimum Gasteiger partial charge on any atom is -0.480 e. The highest BCUT2D eigenvalue weighted by molar-refractivity contribution is 5.94. The summed E-state index contributed by atoms with van der Waals surface area (Å²) in [5.74, 6) is -0.829. The summed E-state index contributed by atoms with van der Waals surface area (Å²) in [6, 6.07) is 5.73. The molecule has 134 valence electrons. The molecule has 1 N–H and O–H groups in total. The molecule has 0 radical (unpaired) electrons. The summed E-state index contributed by atoms with van der Waals surface area (Å²) in [4.78, 5) is 28.3. The predicted molar refractivity (Wildman–Crippen MR) is 88.2 cm³/mol. The lowest BCUT2D eigenvalue weighted by atomic mass is 9.95. The van der Waals surface area contributed by atoms with E-state index in [0.717, 1.165) is 11.1 Å². The van der Waals surface area contributed by atoms with Crippen LogP contribution in [-0.2, 0) is 27.5 Å². The van der Waals surface area contributed by atoms with E-state index in [9.17, 15) is 14.7 Å². The molecule has 0 bridgehead atoms. The van der Waals surface area contributed by atoms with Crippen molar-refractivity contribution in [2.45, 2.75) is 25.2 Å². The molecular formula is C18H22N2O5. The molecule has 1 atom stereocenters. The average molecular weight is 346 g/mol. The number of ether oxygens (including phenoxy) is 2. The monoisotopic (exact) mass is 346 g/mol. The number of hydrogen-bond acceptors (Lipinski definition) is 5. The fraction of sp³-hybridized carbons (Fsp3) is 0.556. The van der Waals surface area contributed by atoms with Crippen molar-refractivity contribution >= 4 is 11.9 Å². The molecule has 0 spiro atoms. The van der Waals surface area contributed by atoms with Gasteiger partial charge in [0.1, 0.15) is 5.54 Å². The summed E-state index contributed by atoms with van der Waals surface area (Å²) in [5.41, 5.74) is 1.97. The number of aliphatic carboxylic acids is 1. The molecule has 0 aliphatic carbocycles. The Labute approximate surface area is 146 Å². The van der Waals surface area contributed by atoms with E-state index in [1.54, 1.807) is 4.90 Å². The van der Waals surface area contributed by atoms with E-state index in [0.29, 0.717) is 58.0 Å². The molecular weight excluding hydrogens is 324 g/mol. The van der Waals surface area contributed by atoms with Gasteiger partial charge in [0.15, 0.2) is 0 Å². The minimum absolute atomic E-state index is 0.00129. The molecule has 0 saturated carbocycles. The van der Waals surface area contributed by atoms with Crippen LogP contribution in [0, 0.1) is 0 Å². The van der Waals surface area contributed by atoms with Crippen molar-refractivity contribution in [3.63, 3.8) is 0 Å². The molecule has 0 aromatic heterocycles. The van der Waals surface area contributed by atoms with E-state index < -0.39 is 11.5 Å². The van der Waals surface area contributed by atoms with Crippen molar-refractivity contribution in [2.75, 3.05) is 39.4 Å². The van der Waals surface area contributed by atoms with Crippen molar-refractivity contribution in [1.29, 1.82) is 0 Å². The van der Waals surface area contributed by atoms with E-state index in [1.807, 2.05) is 23.1 Å². The summed E-state index contributed by atoms with van der Waals surface area (Å²) < 4.78 is 10.7. The lowest BCUT2D eigenvalue weighted by molar-refractivity contribution is -0.152. The number of fused-ring (bicyclic) bond motifs is 1. The number of piperazine rings is 1. The van der Waals surface area contributed by atoms with Crippen LogP contribution in [0.1, 0.15) is 27.9 Å². The highest BCUT2D eigenvalue weighted by Gasteiger charge is 2.48. The molecule has 1 aromatic rings. The molecule has 25 heavy (non-hydrogen) atoms. The number of rotatable bonds is 3. The summed E-state index contributed by atoms with van der Waals surface area (Å²) >= 11 is 0. The van der Waals surface area contributed by atoms with Crippen molar-refractivity contribution in [2.24, 2.45) is 0 Å². The van der Waals surface area contributed by atoms with Crippen LogP contribution >= 0.6 is 0 Å². The fourth-order valence-electron chi connectivity index (χ4n) is 3.93. The van der Waals surface area contributed by atoms with E-state index in [2.05, 4.69) is 0 Å². The standard InChI is InChI=1S/C18H22N2O5/c21-16(13-1-2-14-10-25-11-15(14)9-13)19-4-6-20(7-5-19)18(17(22)23)3-8-24-12-18/h1-2,9H,3-8,10-12H2,(H,22,23). The maximum Gasteiger partial charge on any atom is 0.326 e. The Morgan fingerprint density at radius 3 is 2.48 bits per heavy atom. The van der Waals surface area contributed by atoms with Crippen molar-refractivity contribution in [3.05, 3.63) is 34.9 Å². The van der Waals surface area contributed by atoms with Crippen LogP contribution in [0.15, 0.2) is 18.2 Å². The summed E-state index contributed by atoms with van der Waals surface area (Å²) in [7, 11) is 0. The van der Waals surface area contributed by atoms with Gasteiger partial charge in [-0.3, -0.25) is 14.5 Å². The molecule has 4 rings (SSSR count). The number of carbonyl (C=O) groups is 2. The fourth-order valence-corrected chi connectivity index (χ4v) is 3.93. The molecule has 1 amide bonds. The minimum atomic E-state index is -0.931. The van der Waals surface area contributed by atoms with Gasteiger partial charge in [-0.05, 0) is 23.3 Å². The Kier molecular flexibility index (Phi) is 4.23. The number of carboxylic acids is 1. The van der Waals surface area contributed by atoms with Gasteiger partial charge in [0.25, 0.3) is 5.91 Å². The SMILES string of the molecule is O=C(c1ccc2c(c1)COC2)N1CCN(C2(C(=O)O)CCOC2)CC1. The second-order valence-corrected chi connectivity index (χ2v) is 6.89. The van der Waals surface area contributed by atoms with Gasteiger partial charge < -0.3 is 19.5 Å². The Hall–Kier alpha value is -1.96. The lowest BCUT2D eigenvalue weighted by Crippen LogP contribution is -2.61. The van der Waals surface area contributed by atoms with Gasteiger partial charge >= 0.3 is 5.97 Å². The molecule has 1 unspecified atom stereocenters. The molecule has 2 fully saturated rings. The van der Waals surface area contributed by atoms with Crippen LogP contribution in [0.25, 0.3) is 0 Å². The van der Waals surface area contributed by atoms with Crippen LogP contribution < -0.4 is 0 Å². The van der Waals surface area contributed by atoms with Gasteiger partial charge in [0.05, 0.1) is 19.8 Å². The Morgan fingerprint density at radius 2 is 1.80 bits per heavy atom. The molecule has 7 heteroatoms. The van der Waals surface area contributed by atoms with Crippen LogP contribution in [0.2, 0.25) is 0 Å². The maximum absolute atomic E-state index is 12.8. The lowest BCUT2D eigenvalue weighted by Gasteiger charge is -2.42. The molecule has 3 aliphatic rings. The van der Waals surface area contributed by atoms with Crippen LogP contribution in [0.4, 0.5) is 0 Å². The van der Waals surface area contributed by atoms with Crippen molar-refractivity contribution < 1.29 is 24.2 Å². The summed E-state index contributed by atoms with van der Waals surface area (Å²) in [5, 5.41) is 9.64. The molecule has 2 saturated heterocycles. The van der Waals surface area contributed by atoms with Gasteiger partial charge in [-0.15, -0.1) is 0 Å². The van der Waals surface area contributed by atoms with Crippen LogP contribution in [0.5, 0.6) is 0 Å². The molecule has 3 aliphatic heterocycles. The zero-order valence-electron chi connectivity index (χ0n) is 14.1. The second kappa shape index (κ2) is 6.40.